The topological polar surface area (TPSA) is 164 Å². The molecule has 9 heteroatoms. The predicted octanol–water partition coefficient (Wildman–Crippen LogP) is 1.54. The lowest BCUT2D eigenvalue weighted by molar-refractivity contribution is -0.131. The summed E-state index contributed by atoms with van der Waals surface area (Å²) in [7, 11) is 0. The Bertz CT molecular complexity index is 875. The van der Waals surface area contributed by atoms with Crippen molar-refractivity contribution in [2.24, 2.45) is 5.73 Å². The van der Waals surface area contributed by atoms with Crippen LogP contribution >= 0.6 is 0 Å². The summed E-state index contributed by atoms with van der Waals surface area (Å²) >= 11 is 0. The van der Waals surface area contributed by atoms with Crippen molar-refractivity contribution in [3.05, 3.63) is 59.2 Å². The van der Waals surface area contributed by atoms with Gasteiger partial charge in [0.05, 0.1) is 6.54 Å². The molecule has 142 valence electrons. The molecule has 0 atom stereocenters. The molecule has 0 aliphatic heterocycles. The third-order valence-electron chi connectivity index (χ3n) is 3.11. The van der Waals surface area contributed by atoms with Crippen LogP contribution in [-0.4, -0.2) is 45.6 Å². The second-order valence-corrected chi connectivity index (χ2v) is 5.06. The Hall–Kier alpha value is -3.72. The van der Waals surface area contributed by atoms with Crippen molar-refractivity contribution >= 4 is 23.7 Å². The van der Waals surface area contributed by atoms with Gasteiger partial charge in [-0.3, -0.25) is 9.59 Å². The molecular formula is C18H17NO8. The zero-order valence-electron chi connectivity index (χ0n) is 14.2. The number of hydrogen-bond acceptors (Lipinski definition) is 7. The molecule has 2 aromatic carbocycles. The molecule has 0 fully saturated rings. The summed E-state index contributed by atoms with van der Waals surface area (Å²) in [6, 6.07) is 9.57. The lowest BCUT2D eigenvalue weighted by Crippen LogP contribution is -2.14. The Morgan fingerprint density at radius 2 is 1.56 bits per heavy atom. The number of phenols is 1. The van der Waals surface area contributed by atoms with Crippen molar-refractivity contribution in [1.29, 1.82) is 0 Å². The number of para-hydroxylation sites is 1. The van der Waals surface area contributed by atoms with Crippen LogP contribution in [0.25, 0.3) is 0 Å². The SMILES string of the molecule is CC(=O)Oc1ccccc1C(=O)O.NCC(=O)c1ccc(O)c(C(=O)O)c1. The van der Waals surface area contributed by atoms with E-state index in [1.807, 2.05) is 0 Å². The third-order valence-corrected chi connectivity index (χ3v) is 3.11. The van der Waals surface area contributed by atoms with Gasteiger partial charge in [0.25, 0.3) is 0 Å². The number of ketones is 1. The maximum absolute atomic E-state index is 11.1. The standard InChI is InChI=1S/C9H9NO4.C9H8O4/c10-4-8(12)5-1-2-7(11)6(3-5)9(13)14;1-6(10)13-8-5-3-2-4-7(8)9(11)12/h1-3,11H,4,10H2,(H,13,14);2-5H,1H3,(H,11,12). The number of carboxylic acids is 2. The van der Waals surface area contributed by atoms with E-state index in [1.165, 1.54) is 25.1 Å². The average Bonchev–Trinajstić information content (AvgIpc) is 2.61. The number of aromatic carboxylic acids is 2. The number of benzene rings is 2. The first-order chi connectivity index (χ1) is 12.7. The van der Waals surface area contributed by atoms with Crippen LogP contribution in [0.4, 0.5) is 0 Å². The summed E-state index contributed by atoms with van der Waals surface area (Å²) < 4.78 is 4.69. The van der Waals surface area contributed by atoms with E-state index in [1.54, 1.807) is 12.1 Å². The van der Waals surface area contributed by atoms with Gasteiger partial charge in [-0.25, -0.2) is 9.59 Å². The van der Waals surface area contributed by atoms with Gasteiger partial charge in [0.15, 0.2) is 5.78 Å². The highest BCUT2D eigenvalue weighted by Gasteiger charge is 2.13. The van der Waals surface area contributed by atoms with Gasteiger partial charge >= 0.3 is 17.9 Å². The second kappa shape index (κ2) is 9.68. The van der Waals surface area contributed by atoms with Gasteiger partial charge in [0.1, 0.15) is 22.6 Å². The van der Waals surface area contributed by atoms with E-state index in [4.69, 9.17) is 21.1 Å². The Morgan fingerprint density at radius 3 is 2.07 bits per heavy atom. The first kappa shape index (κ1) is 21.3. The second-order valence-electron chi connectivity index (χ2n) is 5.06. The van der Waals surface area contributed by atoms with E-state index < -0.39 is 17.9 Å². The molecule has 0 saturated carbocycles. The van der Waals surface area contributed by atoms with Crippen LogP contribution in [0.15, 0.2) is 42.5 Å². The smallest absolute Gasteiger partial charge is 0.339 e. The van der Waals surface area contributed by atoms with Crippen molar-refractivity contribution in [3.8, 4) is 11.5 Å². The van der Waals surface area contributed by atoms with Crippen LogP contribution in [0.2, 0.25) is 0 Å². The van der Waals surface area contributed by atoms with Gasteiger partial charge in [-0.15, -0.1) is 0 Å². The first-order valence-corrected chi connectivity index (χ1v) is 7.47. The summed E-state index contributed by atoms with van der Waals surface area (Å²) in [5, 5.41) is 26.5. The molecule has 9 nitrogen and oxygen atoms in total. The minimum atomic E-state index is -1.28. The fraction of sp³-hybridized carbons (Fsp3) is 0.111. The number of esters is 1. The molecule has 0 saturated heterocycles. The monoisotopic (exact) mass is 375 g/mol. The molecule has 0 aromatic heterocycles. The number of hydrogen-bond donors (Lipinski definition) is 4. The number of Topliss-reactive ketones (excluding diaryl/α,β-unsaturated/α-hetero) is 1. The van der Waals surface area contributed by atoms with E-state index in [9.17, 15) is 19.2 Å². The number of ether oxygens (including phenoxy) is 1. The minimum Gasteiger partial charge on any atom is -0.507 e. The Labute approximate surface area is 153 Å². The van der Waals surface area contributed by atoms with Crippen LogP contribution in [0.3, 0.4) is 0 Å². The van der Waals surface area contributed by atoms with Crippen molar-refractivity contribution in [2.75, 3.05) is 6.54 Å². The average molecular weight is 375 g/mol. The van der Waals surface area contributed by atoms with E-state index in [0.717, 1.165) is 12.1 Å². The van der Waals surface area contributed by atoms with Crippen molar-refractivity contribution in [2.45, 2.75) is 6.92 Å². The number of carboxylic acid groups (broad SMARTS) is 2. The van der Waals surface area contributed by atoms with Crippen LogP contribution < -0.4 is 10.5 Å². The summed E-state index contributed by atoms with van der Waals surface area (Å²) in [5.41, 5.74) is 4.97. The van der Waals surface area contributed by atoms with Crippen molar-refractivity contribution < 1.29 is 39.2 Å². The molecule has 0 spiro atoms. The summed E-state index contributed by atoms with van der Waals surface area (Å²) in [6.07, 6.45) is 0. The first-order valence-electron chi connectivity index (χ1n) is 7.47. The summed E-state index contributed by atoms with van der Waals surface area (Å²) in [5.74, 6) is -3.60. The molecule has 27 heavy (non-hydrogen) atoms. The predicted molar refractivity (Wildman–Crippen MR) is 93.2 cm³/mol. The van der Waals surface area contributed by atoms with E-state index in [2.05, 4.69) is 4.74 Å². The Kier molecular flexibility index (Phi) is 7.65. The highest BCUT2D eigenvalue weighted by molar-refractivity contribution is 6.00. The molecule has 0 heterocycles. The summed E-state index contributed by atoms with van der Waals surface area (Å²) in [6.45, 7) is 1.03. The van der Waals surface area contributed by atoms with Crippen LogP contribution in [0.5, 0.6) is 11.5 Å². The molecule has 2 rings (SSSR count). The van der Waals surface area contributed by atoms with Gasteiger partial charge < -0.3 is 25.8 Å². The number of carbonyl (C=O) groups is 4. The number of carbonyl (C=O) groups excluding carboxylic acids is 2. The van der Waals surface area contributed by atoms with Gasteiger partial charge in [0, 0.05) is 12.5 Å². The van der Waals surface area contributed by atoms with Crippen LogP contribution in [0, 0.1) is 0 Å². The van der Waals surface area contributed by atoms with E-state index in [-0.39, 0.29) is 40.5 Å². The number of rotatable bonds is 5. The molecule has 0 unspecified atom stereocenters. The molecule has 0 aliphatic rings. The fourth-order valence-corrected chi connectivity index (χ4v) is 1.89. The molecule has 0 bridgehead atoms. The number of nitrogens with two attached hydrogens (primary N) is 1. The molecule has 0 radical (unpaired) electrons. The van der Waals surface area contributed by atoms with Crippen molar-refractivity contribution in [1.82, 2.24) is 0 Å². The van der Waals surface area contributed by atoms with E-state index in [0.29, 0.717) is 0 Å². The quantitative estimate of drug-likeness (QED) is 0.344. The largest absolute Gasteiger partial charge is 0.507 e. The lowest BCUT2D eigenvalue weighted by Gasteiger charge is -2.03. The minimum absolute atomic E-state index is 0.0160. The van der Waals surface area contributed by atoms with Crippen LogP contribution in [-0.2, 0) is 4.79 Å². The summed E-state index contributed by atoms with van der Waals surface area (Å²) in [4.78, 5) is 42.9. The molecular weight excluding hydrogens is 358 g/mol. The van der Waals surface area contributed by atoms with Crippen molar-refractivity contribution in [3.63, 3.8) is 0 Å². The highest BCUT2D eigenvalue weighted by atomic mass is 16.5. The van der Waals surface area contributed by atoms with Gasteiger partial charge in [-0.2, -0.15) is 0 Å². The Morgan fingerprint density at radius 1 is 0.963 bits per heavy atom. The Balaban J connectivity index is 0.000000271. The van der Waals surface area contributed by atoms with Gasteiger partial charge in [0.2, 0.25) is 0 Å². The zero-order valence-corrected chi connectivity index (χ0v) is 14.2. The van der Waals surface area contributed by atoms with Crippen LogP contribution in [0.1, 0.15) is 38.0 Å². The maximum Gasteiger partial charge on any atom is 0.339 e. The normalized spacial score (nSPS) is 9.56. The fourth-order valence-electron chi connectivity index (χ4n) is 1.89. The lowest BCUT2D eigenvalue weighted by atomic mass is 10.1. The molecule has 0 aliphatic carbocycles. The third kappa shape index (κ3) is 6.25. The van der Waals surface area contributed by atoms with Gasteiger partial charge in [-0.1, -0.05) is 12.1 Å². The van der Waals surface area contributed by atoms with E-state index >= 15 is 0 Å². The highest BCUT2D eigenvalue weighted by Crippen LogP contribution is 2.19. The maximum atomic E-state index is 11.1. The molecule has 0 amide bonds. The number of aromatic hydroxyl groups is 1. The molecule has 2 aromatic rings. The molecule has 5 N–H and O–H groups in total. The van der Waals surface area contributed by atoms with Gasteiger partial charge in [-0.05, 0) is 30.3 Å². The zero-order chi connectivity index (χ0) is 20.6.